The van der Waals surface area contributed by atoms with Crippen LogP contribution < -0.4 is 10.2 Å². The summed E-state index contributed by atoms with van der Waals surface area (Å²) in [7, 11) is 0. The number of hydrogen-bond donors (Lipinski definition) is 1. The average Bonchev–Trinajstić information content (AvgIpc) is 3.11. The van der Waals surface area contributed by atoms with Crippen LogP contribution in [-0.4, -0.2) is 44.8 Å². The second-order valence-corrected chi connectivity index (χ2v) is 6.56. The van der Waals surface area contributed by atoms with Crippen molar-refractivity contribution in [1.29, 1.82) is 0 Å². The van der Waals surface area contributed by atoms with Crippen LogP contribution in [0.5, 0.6) is 0 Å². The minimum Gasteiger partial charge on any atom is -0.452 e. The van der Waals surface area contributed by atoms with Crippen LogP contribution >= 0.6 is 15.9 Å². The first kappa shape index (κ1) is 19.2. The number of morpholine rings is 1. The summed E-state index contributed by atoms with van der Waals surface area (Å²) >= 11 is 3.17. The van der Waals surface area contributed by atoms with E-state index in [2.05, 4.69) is 26.1 Å². The molecule has 1 aliphatic rings. The van der Waals surface area contributed by atoms with Crippen LogP contribution in [0.2, 0.25) is 0 Å². The number of nitrogens with one attached hydrogen (secondary N) is 1. The minimum absolute atomic E-state index is 0.365. The second-order valence-electron chi connectivity index (χ2n) is 5.78. The number of carbonyl (C=O) groups excluding carboxylic acids is 2. The number of halogens is 1. The largest absolute Gasteiger partial charge is 0.452 e. The van der Waals surface area contributed by atoms with Gasteiger partial charge in [-0.1, -0.05) is 0 Å². The molecule has 0 unspecified atom stereocenters. The standard InChI is InChI=1S/C19H19BrN2O5/c20-17-7-5-16(27-17)6-8-19(24)26-13-18(23)21-14-1-3-15(4-2-14)22-9-11-25-12-10-22/h1-8H,9-13H2,(H,21,23). The van der Waals surface area contributed by atoms with Gasteiger partial charge < -0.3 is 24.1 Å². The fraction of sp³-hybridized carbons (Fsp3) is 0.263. The molecule has 0 spiro atoms. The smallest absolute Gasteiger partial charge is 0.331 e. The number of benzene rings is 1. The topological polar surface area (TPSA) is 81.0 Å². The molecule has 27 heavy (non-hydrogen) atoms. The van der Waals surface area contributed by atoms with Crippen LogP contribution in [0.15, 0.2) is 51.6 Å². The van der Waals surface area contributed by atoms with E-state index in [4.69, 9.17) is 13.9 Å². The lowest BCUT2D eigenvalue weighted by Crippen LogP contribution is -2.36. The molecule has 1 aliphatic heterocycles. The van der Waals surface area contributed by atoms with E-state index < -0.39 is 11.9 Å². The quantitative estimate of drug-likeness (QED) is 0.555. The molecule has 1 saturated heterocycles. The number of carbonyl (C=O) groups is 2. The maximum absolute atomic E-state index is 11.9. The number of hydrogen-bond acceptors (Lipinski definition) is 6. The summed E-state index contributed by atoms with van der Waals surface area (Å²) in [5.41, 5.74) is 1.72. The summed E-state index contributed by atoms with van der Waals surface area (Å²) in [5, 5.41) is 2.70. The van der Waals surface area contributed by atoms with Gasteiger partial charge in [0.25, 0.3) is 5.91 Å². The Morgan fingerprint density at radius 3 is 2.56 bits per heavy atom. The fourth-order valence-corrected chi connectivity index (χ4v) is 2.85. The van der Waals surface area contributed by atoms with Gasteiger partial charge in [0.1, 0.15) is 5.76 Å². The lowest BCUT2D eigenvalue weighted by molar-refractivity contribution is -0.142. The van der Waals surface area contributed by atoms with Gasteiger partial charge in [0.05, 0.1) is 13.2 Å². The first-order chi connectivity index (χ1) is 13.1. The van der Waals surface area contributed by atoms with Crippen LogP contribution in [-0.2, 0) is 19.1 Å². The summed E-state index contributed by atoms with van der Waals surface area (Å²) in [6.45, 7) is 2.77. The molecule has 8 heteroatoms. The van der Waals surface area contributed by atoms with Crippen molar-refractivity contribution in [3.8, 4) is 0 Å². The predicted octanol–water partition coefficient (Wildman–Crippen LogP) is 3.07. The number of furan rings is 1. The molecule has 3 rings (SSSR count). The van der Waals surface area contributed by atoms with Crippen molar-refractivity contribution < 1.29 is 23.5 Å². The van der Waals surface area contributed by atoms with Gasteiger partial charge >= 0.3 is 5.97 Å². The highest BCUT2D eigenvalue weighted by atomic mass is 79.9. The predicted molar refractivity (Wildman–Crippen MR) is 105 cm³/mol. The normalized spacial score (nSPS) is 14.3. The van der Waals surface area contributed by atoms with Gasteiger partial charge in [-0.3, -0.25) is 4.79 Å². The fourth-order valence-electron chi connectivity index (χ4n) is 2.53. The average molecular weight is 435 g/mol. The van der Waals surface area contributed by atoms with E-state index in [-0.39, 0.29) is 6.61 Å². The van der Waals surface area contributed by atoms with Crippen LogP contribution in [0, 0.1) is 0 Å². The molecule has 142 valence electrons. The Morgan fingerprint density at radius 1 is 1.15 bits per heavy atom. The molecular formula is C19H19BrN2O5. The molecule has 1 fully saturated rings. The molecule has 0 atom stereocenters. The van der Waals surface area contributed by atoms with Crippen molar-refractivity contribution in [1.82, 2.24) is 0 Å². The van der Waals surface area contributed by atoms with Gasteiger partial charge in [0.15, 0.2) is 11.3 Å². The van der Waals surface area contributed by atoms with E-state index in [9.17, 15) is 9.59 Å². The van der Waals surface area contributed by atoms with E-state index in [0.29, 0.717) is 16.1 Å². The summed E-state index contributed by atoms with van der Waals surface area (Å²) in [4.78, 5) is 25.8. The van der Waals surface area contributed by atoms with E-state index in [0.717, 1.165) is 32.0 Å². The Kier molecular flexibility index (Phi) is 6.67. The van der Waals surface area contributed by atoms with E-state index in [1.807, 2.05) is 24.3 Å². The van der Waals surface area contributed by atoms with Crippen LogP contribution in [0.3, 0.4) is 0 Å². The number of ether oxygens (including phenoxy) is 2. The molecule has 1 aromatic heterocycles. The third-order valence-electron chi connectivity index (χ3n) is 3.85. The molecule has 1 amide bonds. The molecular weight excluding hydrogens is 416 g/mol. The SMILES string of the molecule is O=C(COC(=O)C=Cc1ccc(Br)o1)Nc1ccc(N2CCOCC2)cc1. The molecule has 0 bridgehead atoms. The van der Waals surface area contributed by atoms with Gasteiger partial charge in [0, 0.05) is 30.5 Å². The molecule has 0 saturated carbocycles. The van der Waals surface area contributed by atoms with E-state index >= 15 is 0 Å². The number of esters is 1. The maximum atomic E-state index is 11.9. The molecule has 1 aromatic carbocycles. The molecule has 7 nitrogen and oxygen atoms in total. The van der Waals surface area contributed by atoms with Crippen molar-refractivity contribution in [2.75, 3.05) is 43.1 Å². The number of rotatable bonds is 6. The summed E-state index contributed by atoms with van der Waals surface area (Å²) in [6.07, 6.45) is 2.67. The maximum Gasteiger partial charge on any atom is 0.331 e. The number of amides is 1. The molecule has 0 radical (unpaired) electrons. The summed E-state index contributed by atoms with van der Waals surface area (Å²) < 4.78 is 16.0. The zero-order valence-corrected chi connectivity index (χ0v) is 16.1. The van der Waals surface area contributed by atoms with Gasteiger partial charge in [-0.25, -0.2) is 4.79 Å². The van der Waals surface area contributed by atoms with Crippen molar-refractivity contribution >= 4 is 45.3 Å². The summed E-state index contributed by atoms with van der Waals surface area (Å²) in [5.74, 6) is -0.527. The second kappa shape index (κ2) is 9.38. The molecule has 2 heterocycles. The highest BCUT2D eigenvalue weighted by Gasteiger charge is 2.11. The van der Waals surface area contributed by atoms with Gasteiger partial charge in [-0.05, 0) is 58.4 Å². The number of nitrogens with zero attached hydrogens (tertiary/aromatic N) is 1. The Labute approximate surface area is 165 Å². The zero-order chi connectivity index (χ0) is 19.1. The lowest BCUT2D eigenvalue weighted by atomic mass is 10.2. The van der Waals surface area contributed by atoms with Crippen molar-refractivity contribution in [3.63, 3.8) is 0 Å². The highest BCUT2D eigenvalue weighted by molar-refractivity contribution is 9.10. The van der Waals surface area contributed by atoms with Crippen LogP contribution in [0.25, 0.3) is 6.08 Å². The van der Waals surface area contributed by atoms with Crippen LogP contribution in [0.4, 0.5) is 11.4 Å². The molecule has 0 aliphatic carbocycles. The minimum atomic E-state index is -0.625. The summed E-state index contributed by atoms with van der Waals surface area (Å²) in [6, 6.07) is 10.9. The zero-order valence-electron chi connectivity index (χ0n) is 14.5. The third kappa shape index (κ3) is 5.97. The molecule has 1 N–H and O–H groups in total. The van der Waals surface area contributed by atoms with E-state index in [1.165, 1.54) is 12.2 Å². The van der Waals surface area contributed by atoms with Crippen molar-refractivity contribution in [2.45, 2.75) is 0 Å². The Hall–Kier alpha value is -2.58. The van der Waals surface area contributed by atoms with E-state index in [1.54, 1.807) is 12.1 Å². The first-order valence-corrected chi connectivity index (χ1v) is 9.22. The van der Waals surface area contributed by atoms with Crippen molar-refractivity contribution in [3.05, 3.63) is 52.9 Å². The highest BCUT2D eigenvalue weighted by Crippen LogP contribution is 2.19. The third-order valence-corrected chi connectivity index (χ3v) is 4.28. The van der Waals surface area contributed by atoms with Gasteiger partial charge in [0.2, 0.25) is 0 Å². The first-order valence-electron chi connectivity index (χ1n) is 8.43. The lowest BCUT2D eigenvalue weighted by Gasteiger charge is -2.28. The molecule has 2 aromatic rings. The Bertz CT molecular complexity index is 810. The van der Waals surface area contributed by atoms with Crippen molar-refractivity contribution in [2.24, 2.45) is 0 Å². The Morgan fingerprint density at radius 2 is 1.89 bits per heavy atom. The Balaban J connectivity index is 1.43. The monoisotopic (exact) mass is 434 g/mol. The van der Waals surface area contributed by atoms with Gasteiger partial charge in [-0.2, -0.15) is 0 Å². The number of anilines is 2. The van der Waals surface area contributed by atoms with Crippen LogP contribution in [0.1, 0.15) is 5.76 Å². The van der Waals surface area contributed by atoms with Gasteiger partial charge in [-0.15, -0.1) is 0 Å².